The van der Waals surface area contributed by atoms with Gasteiger partial charge in [0.1, 0.15) is 11.4 Å². The Hall–Kier alpha value is -2.38. The molecule has 0 bridgehead atoms. The molecule has 0 radical (unpaired) electrons. The van der Waals surface area contributed by atoms with Crippen LogP contribution in [0.15, 0.2) is 30.0 Å². The molecule has 0 aromatic heterocycles. The Kier molecular flexibility index (Phi) is 7.15. The van der Waals surface area contributed by atoms with E-state index in [4.69, 9.17) is 9.84 Å². The smallest absolute Gasteiger partial charge is 0.278 e. The summed E-state index contributed by atoms with van der Waals surface area (Å²) in [6.07, 6.45) is 0. The molecule has 0 aliphatic carbocycles. The van der Waals surface area contributed by atoms with Crippen molar-refractivity contribution in [2.24, 2.45) is 5.92 Å². The quantitative estimate of drug-likeness (QED) is 0.653. The highest BCUT2D eigenvalue weighted by Gasteiger charge is 2.43. The fourth-order valence-electron chi connectivity index (χ4n) is 3.87. The molecule has 30 heavy (non-hydrogen) atoms. The average Bonchev–Trinajstić information content (AvgIpc) is 2.98. The van der Waals surface area contributed by atoms with Gasteiger partial charge < -0.3 is 14.7 Å². The van der Waals surface area contributed by atoms with E-state index in [9.17, 15) is 9.59 Å². The zero-order valence-electron chi connectivity index (χ0n) is 18.4. The maximum Gasteiger partial charge on any atom is 0.278 e. The van der Waals surface area contributed by atoms with E-state index in [0.717, 1.165) is 24.4 Å². The van der Waals surface area contributed by atoms with Crippen molar-refractivity contribution < 1.29 is 19.4 Å². The van der Waals surface area contributed by atoms with Crippen molar-refractivity contribution in [3.63, 3.8) is 0 Å². The van der Waals surface area contributed by atoms with Crippen LogP contribution in [0.25, 0.3) is 5.57 Å². The summed E-state index contributed by atoms with van der Waals surface area (Å²) in [7, 11) is 0. The first kappa shape index (κ1) is 22.3. The Morgan fingerprint density at radius 1 is 0.967 bits per heavy atom. The average molecular weight is 416 g/mol. The first-order valence-electron chi connectivity index (χ1n) is 10.8. The van der Waals surface area contributed by atoms with Gasteiger partial charge in [-0.05, 0) is 37.5 Å². The molecule has 3 rings (SSSR count). The van der Waals surface area contributed by atoms with Gasteiger partial charge in [-0.1, -0.05) is 26.0 Å². The summed E-state index contributed by atoms with van der Waals surface area (Å²) in [6, 6.07) is 7.24. The van der Waals surface area contributed by atoms with E-state index in [1.54, 1.807) is 0 Å². The fraction of sp³-hybridized carbons (Fsp3) is 0.565. The van der Waals surface area contributed by atoms with Gasteiger partial charge in [0.25, 0.3) is 11.8 Å². The number of piperazine rings is 1. The van der Waals surface area contributed by atoms with Crippen LogP contribution in [0.2, 0.25) is 0 Å². The summed E-state index contributed by atoms with van der Waals surface area (Å²) < 4.78 is 5.76. The molecule has 1 fully saturated rings. The third-order valence-corrected chi connectivity index (χ3v) is 5.44. The van der Waals surface area contributed by atoms with Gasteiger partial charge in [-0.15, -0.1) is 0 Å². The largest absolute Gasteiger partial charge is 0.493 e. The van der Waals surface area contributed by atoms with Gasteiger partial charge in [-0.2, -0.15) is 0 Å². The van der Waals surface area contributed by atoms with Gasteiger partial charge in [0.15, 0.2) is 0 Å². The molecular formula is C23H33N3O4. The maximum absolute atomic E-state index is 13.2. The summed E-state index contributed by atoms with van der Waals surface area (Å²) in [4.78, 5) is 32.0. The minimum absolute atomic E-state index is 0.123. The van der Waals surface area contributed by atoms with Crippen LogP contribution in [0.4, 0.5) is 0 Å². The van der Waals surface area contributed by atoms with Crippen LogP contribution in [-0.2, 0) is 9.59 Å². The zero-order chi connectivity index (χ0) is 21.8. The van der Waals surface area contributed by atoms with Crippen LogP contribution in [0.5, 0.6) is 5.75 Å². The highest BCUT2D eigenvalue weighted by molar-refractivity contribution is 6.35. The molecule has 164 valence electrons. The van der Waals surface area contributed by atoms with Gasteiger partial charge in [-0.25, -0.2) is 0 Å². The molecule has 0 atom stereocenters. The number of amides is 2. The maximum atomic E-state index is 13.2. The van der Waals surface area contributed by atoms with E-state index in [-0.39, 0.29) is 24.5 Å². The number of imide groups is 1. The molecule has 7 nitrogen and oxygen atoms in total. The summed E-state index contributed by atoms with van der Waals surface area (Å²) in [5, 5.41) is 9.17. The highest BCUT2D eigenvalue weighted by atomic mass is 16.5. The van der Waals surface area contributed by atoms with Crippen LogP contribution < -0.4 is 4.74 Å². The molecule has 1 saturated heterocycles. The van der Waals surface area contributed by atoms with Crippen molar-refractivity contribution in [3.05, 3.63) is 35.5 Å². The number of ether oxygens (including phenoxy) is 1. The molecule has 2 amide bonds. The summed E-state index contributed by atoms with van der Waals surface area (Å²) in [5.41, 5.74) is 1.70. The fourth-order valence-corrected chi connectivity index (χ4v) is 3.87. The van der Waals surface area contributed by atoms with Crippen molar-refractivity contribution in [1.82, 2.24) is 14.7 Å². The Morgan fingerprint density at radius 2 is 1.60 bits per heavy atom. The first-order valence-corrected chi connectivity index (χ1v) is 10.8. The number of carbonyl (C=O) groups is 2. The standard InChI is InChI=1S/C23H33N3O4/c1-16(2)15-30-19-7-5-18(6-8-19)20-21(23(29)26(17(3)4)22(20)28)25-11-9-24(10-12-25)13-14-27/h5-8,16-17,27H,9-15H2,1-4H3. The third kappa shape index (κ3) is 4.68. The molecule has 7 heteroatoms. The second kappa shape index (κ2) is 9.62. The summed E-state index contributed by atoms with van der Waals surface area (Å²) in [5.74, 6) is 0.723. The van der Waals surface area contributed by atoms with Crippen LogP contribution in [0.1, 0.15) is 33.3 Å². The van der Waals surface area contributed by atoms with E-state index in [2.05, 4.69) is 18.7 Å². The number of hydrogen-bond acceptors (Lipinski definition) is 6. The lowest BCUT2D eigenvalue weighted by Crippen LogP contribution is -2.48. The minimum atomic E-state index is -0.237. The van der Waals surface area contributed by atoms with E-state index in [1.165, 1.54) is 4.90 Å². The zero-order valence-corrected chi connectivity index (χ0v) is 18.4. The van der Waals surface area contributed by atoms with Gasteiger partial charge >= 0.3 is 0 Å². The second-order valence-corrected chi connectivity index (χ2v) is 8.58. The summed E-state index contributed by atoms with van der Waals surface area (Å²) >= 11 is 0. The number of aliphatic hydroxyl groups is 1. The van der Waals surface area contributed by atoms with Crippen LogP contribution in [-0.4, -0.2) is 83.6 Å². The Morgan fingerprint density at radius 3 is 2.13 bits per heavy atom. The van der Waals surface area contributed by atoms with Crippen molar-refractivity contribution in [2.45, 2.75) is 33.7 Å². The third-order valence-electron chi connectivity index (χ3n) is 5.44. The number of hydrogen-bond donors (Lipinski definition) is 1. The highest BCUT2D eigenvalue weighted by Crippen LogP contribution is 2.34. The molecule has 2 heterocycles. The molecule has 2 aliphatic heterocycles. The monoisotopic (exact) mass is 415 g/mol. The summed E-state index contributed by atoms with van der Waals surface area (Å²) in [6.45, 7) is 12.1. The van der Waals surface area contributed by atoms with Crippen molar-refractivity contribution >= 4 is 17.4 Å². The van der Waals surface area contributed by atoms with E-state index < -0.39 is 0 Å². The van der Waals surface area contributed by atoms with Crippen molar-refractivity contribution in [2.75, 3.05) is 45.9 Å². The van der Waals surface area contributed by atoms with E-state index >= 15 is 0 Å². The van der Waals surface area contributed by atoms with Crippen LogP contribution in [0.3, 0.4) is 0 Å². The second-order valence-electron chi connectivity index (χ2n) is 8.58. The van der Waals surface area contributed by atoms with E-state index in [1.807, 2.05) is 43.0 Å². The number of aliphatic hydroxyl groups excluding tert-OH is 1. The van der Waals surface area contributed by atoms with Crippen molar-refractivity contribution in [1.29, 1.82) is 0 Å². The molecule has 0 saturated carbocycles. The molecule has 1 aromatic rings. The van der Waals surface area contributed by atoms with Gasteiger partial charge in [0.2, 0.25) is 0 Å². The number of benzene rings is 1. The predicted molar refractivity (Wildman–Crippen MR) is 116 cm³/mol. The van der Waals surface area contributed by atoms with Gasteiger partial charge in [0.05, 0.1) is 18.8 Å². The number of rotatable bonds is 8. The van der Waals surface area contributed by atoms with Gasteiger partial charge in [-0.3, -0.25) is 19.4 Å². The van der Waals surface area contributed by atoms with Gasteiger partial charge in [0, 0.05) is 38.8 Å². The Labute approximate surface area is 178 Å². The molecule has 0 spiro atoms. The molecule has 2 aliphatic rings. The number of β-amino-alcohol motifs (C(OH)–C–C–N with tert-alkyl or cyclic N) is 1. The Balaban J connectivity index is 1.90. The SMILES string of the molecule is CC(C)COc1ccc(C2=C(N3CCN(CCO)CC3)C(=O)N(C(C)C)C2=O)cc1. The number of nitrogens with zero attached hydrogens (tertiary/aromatic N) is 3. The normalized spacial score (nSPS) is 18.4. The molecule has 1 aromatic carbocycles. The topological polar surface area (TPSA) is 73.3 Å². The molecule has 0 unspecified atom stereocenters. The predicted octanol–water partition coefficient (Wildman–Crippen LogP) is 1.82. The Bertz CT molecular complexity index is 793. The molecule has 1 N–H and O–H groups in total. The number of carbonyl (C=O) groups excluding carboxylic acids is 2. The molecular weight excluding hydrogens is 382 g/mol. The van der Waals surface area contributed by atoms with E-state index in [0.29, 0.717) is 43.4 Å². The first-order chi connectivity index (χ1) is 14.3. The van der Waals surface area contributed by atoms with Crippen molar-refractivity contribution in [3.8, 4) is 5.75 Å². The van der Waals surface area contributed by atoms with Crippen LogP contribution >= 0.6 is 0 Å². The van der Waals surface area contributed by atoms with Crippen LogP contribution in [0, 0.1) is 5.92 Å². The minimum Gasteiger partial charge on any atom is -0.493 e. The lowest BCUT2D eigenvalue weighted by molar-refractivity contribution is -0.139. The lowest BCUT2D eigenvalue weighted by Gasteiger charge is -2.36. The lowest BCUT2D eigenvalue weighted by atomic mass is 10.0.